The van der Waals surface area contributed by atoms with Gasteiger partial charge < -0.3 is 15.5 Å². The number of carbonyl (C=O) groups is 1. The van der Waals surface area contributed by atoms with Crippen LogP contribution >= 0.6 is 0 Å². The monoisotopic (exact) mass is 313 g/mol. The minimum atomic E-state index is 0.0395. The van der Waals surface area contributed by atoms with E-state index in [0.717, 1.165) is 48.4 Å². The number of oxazole rings is 1. The van der Waals surface area contributed by atoms with E-state index >= 15 is 0 Å². The van der Waals surface area contributed by atoms with Crippen LogP contribution in [-0.2, 0) is 4.79 Å². The molecule has 4 rings (SSSR count). The van der Waals surface area contributed by atoms with Gasteiger partial charge in [-0.1, -0.05) is 12.8 Å². The molecule has 3 N–H and O–H groups in total. The van der Waals surface area contributed by atoms with E-state index in [1.54, 1.807) is 0 Å². The van der Waals surface area contributed by atoms with Gasteiger partial charge in [0.15, 0.2) is 11.5 Å². The van der Waals surface area contributed by atoms with Crippen LogP contribution in [0.4, 0.5) is 5.69 Å². The summed E-state index contributed by atoms with van der Waals surface area (Å²) in [5, 5.41) is 2.98. The van der Waals surface area contributed by atoms with Crippen molar-refractivity contribution in [1.29, 1.82) is 0 Å². The molecule has 2 fully saturated rings. The Balaban J connectivity index is 1.43. The van der Waals surface area contributed by atoms with Crippen molar-refractivity contribution >= 4 is 22.7 Å². The third-order valence-electron chi connectivity index (χ3n) is 5.03. The van der Waals surface area contributed by atoms with E-state index in [0.29, 0.717) is 18.3 Å². The maximum atomic E-state index is 12.3. The highest BCUT2D eigenvalue weighted by Gasteiger charge is 2.29. The first kappa shape index (κ1) is 14.7. The first-order chi connectivity index (χ1) is 11.2. The van der Waals surface area contributed by atoms with Gasteiger partial charge in [0.05, 0.1) is 0 Å². The first-order valence-corrected chi connectivity index (χ1v) is 8.65. The minimum Gasteiger partial charge on any atom is -0.440 e. The largest absolute Gasteiger partial charge is 0.440 e. The van der Waals surface area contributed by atoms with Crippen molar-refractivity contribution in [3.8, 4) is 0 Å². The molecule has 122 valence electrons. The Labute approximate surface area is 135 Å². The molecule has 2 saturated carbocycles. The summed E-state index contributed by atoms with van der Waals surface area (Å²) < 4.78 is 5.75. The lowest BCUT2D eigenvalue weighted by Gasteiger charge is -2.27. The molecule has 2 aliphatic carbocycles. The molecule has 0 saturated heterocycles. The summed E-state index contributed by atoms with van der Waals surface area (Å²) in [5.41, 5.74) is 8.52. The number of hydrogen-bond donors (Lipinski definition) is 2. The molecular formula is C18H23N3O2. The summed E-state index contributed by atoms with van der Waals surface area (Å²) in [6.45, 7) is 0. The zero-order chi connectivity index (χ0) is 15.8. The number of anilines is 1. The molecule has 2 unspecified atom stereocenters. The highest BCUT2D eigenvalue weighted by Crippen LogP contribution is 2.40. The number of rotatable bonds is 4. The predicted octanol–water partition coefficient (Wildman–Crippen LogP) is 3.55. The van der Waals surface area contributed by atoms with Gasteiger partial charge in [0, 0.05) is 24.1 Å². The van der Waals surface area contributed by atoms with E-state index in [1.165, 1.54) is 12.8 Å². The Morgan fingerprint density at radius 1 is 1.26 bits per heavy atom. The quantitative estimate of drug-likeness (QED) is 0.904. The van der Waals surface area contributed by atoms with Crippen molar-refractivity contribution < 1.29 is 9.21 Å². The fourth-order valence-electron chi connectivity index (χ4n) is 3.47. The summed E-state index contributed by atoms with van der Waals surface area (Å²) >= 11 is 0. The van der Waals surface area contributed by atoms with Crippen molar-refractivity contribution in [2.75, 3.05) is 5.32 Å². The highest BCUT2D eigenvalue weighted by atomic mass is 16.3. The van der Waals surface area contributed by atoms with Crippen molar-refractivity contribution in [2.45, 2.75) is 56.9 Å². The molecule has 1 heterocycles. The fraction of sp³-hybridized carbons (Fsp3) is 0.556. The minimum absolute atomic E-state index is 0.0395. The van der Waals surface area contributed by atoms with Crippen molar-refractivity contribution in [1.82, 2.24) is 4.98 Å². The Morgan fingerprint density at radius 2 is 2.09 bits per heavy atom. The second kappa shape index (κ2) is 5.96. The zero-order valence-corrected chi connectivity index (χ0v) is 13.3. The van der Waals surface area contributed by atoms with Gasteiger partial charge in [-0.3, -0.25) is 4.79 Å². The van der Waals surface area contributed by atoms with Gasteiger partial charge in [-0.25, -0.2) is 4.98 Å². The number of carbonyl (C=O) groups excluding carboxylic acids is 1. The Kier molecular flexibility index (Phi) is 3.81. The smallest absolute Gasteiger partial charge is 0.224 e. The lowest BCUT2D eigenvalue weighted by atomic mass is 9.83. The SMILES string of the molecule is NC1CCCCC1CC(=O)Nc1ccc2oc(C3CC3)nc2c1. The number of fused-ring (bicyclic) bond motifs is 1. The van der Waals surface area contributed by atoms with Crippen molar-refractivity contribution in [3.05, 3.63) is 24.1 Å². The maximum Gasteiger partial charge on any atom is 0.224 e. The standard InChI is InChI=1S/C18H23N3O2/c19-14-4-2-1-3-12(14)9-17(22)20-13-7-8-16-15(10-13)21-18(23-16)11-5-6-11/h7-8,10-12,14H,1-6,9,19H2,(H,20,22). The summed E-state index contributed by atoms with van der Waals surface area (Å²) in [6.07, 6.45) is 7.29. The van der Waals surface area contributed by atoms with Gasteiger partial charge in [0.2, 0.25) is 5.91 Å². The van der Waals surface area contributed by atoms with Gasteiger partial charge in [-0.05, 0) is 49.8 Å². The van der Waals surface area contributed by atoms with Gasteiger partial charge in [0.25, 0.3) is 0 Å². The molecule has 5 heteroatoms. The number of aromatic nitrogens is 1. The molecule has 0 radical (unpaired) electrons. The molecule has 5 nitrogen and oxygen atoms in total. The maximum absolute atomic E-state index is 12.3. The average molecular weight is 313 g/mol. The van der Waals surface area contributed by atoms with E-state index in [-0.39, 0.29) is 11.9 Å². The fourth-order valence-corrected chi connectivity index (χ4v) is 3.47. The van der Waals surface area contributed by atoms with Crippen molar-refractivity contribution in [2.24, 2.45) is 11.7 Å². The number of nitrogens with zero attached hydrogens (tertiary/aromatic N) is 1. The number of amides is 1. The van der Waals surface area contributed by atoms with Crippen LogP contribution in [0.1, 0.15) is 56.8 Å². The number of nitrogens with one attached hydrogen (secondary N) is 1. The second-order valence-electron chi connectivity index (χ2n) is 6.97. The molecule has 0 bridgehead atoms. The Hall–Kier alpha value is -1.88. The van der Waals surface area contributed by atoms with Crippen LogP contribution in [-0.4, -0.2) is 16.9 Å². The van der Waals surface area contributed by atoms with E-state index in [2.05, 4.69) is 10.3 Å². The van der Waals surface area contributed by atoms with Crippen LogP contribution in [0.2, 0.25) is 0 Å². The predicted molar refractivity (Wildman–Crippen MR) is 89.2 cm³/mol. The lowest BCUT2D eigenvalue weighted by molar-refractivity contribution is -0.117. The Morgan fingerprint density at radius 3 is 2.87 bits per heavy atom. The van der Waals surface area contributed by atoms with E-state index in [4.69, 9.17) is 10.2 Å². The molecule has 23 heavy (non-hydrogen) atoms. The van der Waals surface area contributed by atoms with Crippen LogP contribution in [0, 0.1) is 5.92 Å². The first-order valence-electron chi connectivity index (χ1n) is 8.65. The van der Waals surface area contributed by atoms with E-state index < -0.39 is 0 Å². The second-order valence-corrected chi connectivity index (χ2v) is 6.97. The molecular weight excluding hydrogens is 290 g/mol. The summed E-state index contributed by atoms with van der Waals surface area (Å²) in [4.78, 5) is 16.8. The highest BCUT2D eigenvalue weighted by molar-refractivity contribution is 5.93. The normalized spacial score (nSPS) is 24.7. The van der Waals surface area contributed by atoms with Gasteiger partial charge in [-0.15, -0.1) is 0 Å². The van der Waals surface area contributed by atoms with Crippen LogP contribution < -0.4 is 11.1 Å². The van der Waals surface area contributed by atoms with E-state index in [1.807, 2.05) is 18.2 Å². The molecule has 0 aliphatic heterocycles. The van der Waals surface area contributed by atoms with Crippen LogP contribution in [0.3, 0.4) is 0 Å². The number of benzene rings is 1. The van der Waals surface area contributed by atoms with Gasteiger partial charge in [0.1, 0.15) is 5.52 Å². The summed E-state index contributed by atoms with van der Waals surface area (Å²) in [5.74, 6) is 1.67. The topological polar surface area (TPSA) is 81.2 Å². The third kappa shape index (κ3) is 3.24. The molecule has 2 aliphatic rings. The van der Waals surface area contributed by atoms with Gasteiger partial charge >= 0.3 is 0 Å². The third-order valence-corrected chi connectivity index (χ3v) is 5.03. The Bertz CT molecular complexity index is 720. The summed E-state index contributed by atoms with van der Waals surface area (Å²) in [6, 6.07) is 5.82. The molecule has 1 aromatic carbocycles. The number of hydrogen-bond acceptors (Lipinski definition) is 4. The molecule has 2 atom stereocenters. The molecule has 0 spiro atoms. The molecule has 1 amide bonds. The van der Waals surface area contributed by atoms with Crippen LogP contribution in [0.5, 0.6) is 0 Å². The van der Waals surface area contributed by atoms with Gasteiger partial charge in [-0.2, -0.15) is 0 Å². The molecule has 1 aromatic heterocycles. The van der Waals surface area contributed by atoms with Crippen LogP contribution in [0.15, 0.2) is 22.6 Å². The zero-order valence-electron chi connectivity index (χ0n) is 13.3. The van der Waals surface area contributed by atoms with Crippen LogP contribution in [0.25, 0.3) is 11.1 Å². The van der Waals surface area contributed by atoms with Crippen molar-refractivity contribution in [3.63, 3.8) is 0 Å². The average Bonchev–Trinajstić information content (AvgIpc) is 3.29. The number of nitrogens with two attached hydrogens (primary N) is 1. The van der Waals surface area contributed by atoms with E-state index in [9.17, 15) is 4.79 Å². The molecule has 2 aromatic rings. The summed E-state index contributed by atoms with van der Waals surface area (Å²) in [7, 11) is 0. The lowest BCUT2D eigenvalue weighted by Crippen LogP contribution is -2.35.